The highest BCUT2D eigenvalue weighted by molar-refractivity contribution is 7.92. The molecule has 4 nitrogen and oxygen atoms in total. The molecule has 0 aliphatic heterocycles. The van der Waals surface area contributed by atoms with Gasteiger partial charge in [-0.05, 0) is 23.6 Å². The van der Waals surface area contributed by atoms with Crippen LogP contribution in [-0.2, 0) is 10.0 Å². The number of anilines is 1. The highest BCUT2D eigenvalue weighted by Crippen LogP contribution is 2.19. The van der Waals surface area contributed by atoms with Crippen molar-refractivity contribution < 1.29 is 8.42 Å². The lowest BCUT2D eigenvalue weighted by molar-refractivity contribution is 0.599. The average molecular weight is 228 g/mol. The molecule has 0 saturated carbocycles. The topological polar surface area (TPSA) is 50.3 Å². The van der Waals surface area contributed by atoms with E-state index < -0.39 is 10.0 Å². The number of aromatic nitrogens is 1. The molecular weight excluding hydrogens is 212 g/mol. The molecule has 1 heterocycles. The van der Waals surface area contributed by atoms with Gasteiger partial charge in [0.1, 0.15) is 5.82 Å². The van der Waals surface area contributed by atoms with Gasteiger partial charge in [0.25, 0.3) is 0 Å². The minimum Gasteiger partial charge on any atom is -0.257 e. The lowest BCUT2D eigenvalue weighted by Crippen LogP contribution is -2.25. The predicted octanol–water partition coefficient (Wildman–Crippen LogP) is 1.60. The maximum Gasteiger partial charge on any atom is 0.233 e. The van der Waals surface area contributed by atoms with E-state index in [2.05, 4.69) is 18.8 Å². The van der Waals surface area contributed by atoms with Gasteiger partial charge in [-0.3, -0.25) is 4.31 Å². The summed E-state index contributed by atoms with van der Waals surface area (Å²) >= 11 is 0. The van der Waals surface area contributed by atoms with Gasteiger partial charge in [-0.1, -0.05) is 13.8 Å². The first kappa shape index (κ1) is 12.0. The van der Waals surface area contributed by atoms with E-state index in [1.807, 2.05) is 6.07 Å². The Hall–Kier alpha value is -1.10. The SMILES string of the molecule is CC(C)c1ccnc(N(C)S(C)(=O)=O)c1. The van der Waals surface area contributed by atoms with Gasteiger partial charge in [-0.2, -0.15) is 0 Å². The number of hydrogen-bond donors (Lipinski definition) is 0. The standard InChI is InChI=1S/C10H16N2O2S/c1-8(2)9-5-6-11-10(7-9)12(3)15(4,13)14/h5-8H,1-4H3. The van der Waals surface area contributed by atoms with Crippen molar-refractivity contribution in [3.63, 3.8) is 0 Å². The third-order valence-electron chi connectivity index (χ3n) is 2.26. The highest BCUT2D eigenvalue weighted by atomic mass is 32.2. The molecule has 84 valence electrons. The zero-order valence-electron chi connectivity index (χ0n) is 9.43. The van der Waals surface area contributed by atoms with Gasteiger partial charge in [-0.25, -0.2) is 13.4 Å². The summed E-state index contributed by atoms with van der Waals surface area (Å²) in [5, 5.41) is 0. The van der Waals surface area contributed by atoms with Crippen LogP contribution in [0, 0.1) is 0 Å². The molecule has 15 heavy (non-hydrogen) atoms. The van der Waals surface area contributed by atoms with Gasteiger partial charge in [-0.15, -0.1) is 0 Å². The molecule has 0 unspecified atom stereocenters. The summed E-state index contributed by atoms with van der Waals surface area (Å²) in [5.74, 6) is 0.823. The fraction of sp³-hybridized carbons (Fsp3) is 0.500. The average Bonchev–Trinajstić information content (AvgIpc) is 2.15. The van der Waals surface area contributed by atoms with Crippen molar-refractivity contribution in [2.24, 2.45) is 0 Å². The summed E-state index contributed by atoms with van der Waals surface area (Å²) in [6.07, 6.45) is 2.79. The van der Waals surface area contributed by atoms with Crippen LogP contribution in [0.25, 0.3) is 0 Å². The Morgan fingerprint density at radius 2 is 2.00 bits per heavy atom. The molecule has 0 N–H and O–H groups in total. The first-order valence-electron chi connectivity index (χ1n) is 4.72. The fourth-order valence-corrected chi connectivity index (χ4v) is 1.58. The van der Waals surface area contributed by atoms with Crippen LogP contribution in [0.15, 0.2) is 18.3 Å². The van der Waals surface area contributed by atoms with Crippen molar-refractivity contribution in [2.45, 2.75) is 19.8 Å². The maximum atomic E-state index is 11.3. The van der Waals surface area contributed by atoms with Crippen LogP contribution in [0.4, 0.5) is 5.82 Å². The molecule has 1 aromatic heterocycles. The number of sulfonamides is 1. The molecule has 0 radical (unpaired) electrons. The molecule has 0 aromatic carbocycles. The Labute approximate surface area is 91.0 Å². The largest absolute Gasteiger partial charge is 0.257 e. The van der Waals surface area contributed by atoms with E-state index in [0.717, 1.165) is 11.8 Å². The Kier molecular flexibility index (Phi) is 3.34. The molecule has 0 saturated heterocycles. The van der Waals surface area contributed by atoms with Crippen LogP contribution in [0.2, 0.25) is 0 Å². The van der Waals surface area contributed by atoms with Gasteiger partial charge < -0.3 is 0 Å². The van der Waals surface area contributed by atoms with E-state index in [1.165, 1.54) is 11.4 Å². The van der Waals surface area contributed by atoms with Crippen molar-refractivity contribution in [1.82, 2.24) is 4.98 Å². The quantitative estimate of drug-likeness (QED) is 0.789. The van der Waals surface area contributed by atoms with Gasteiger partial charge in [0.15, 0.2) is 0 Å². The summed E-state index contributed by atoms with van der Waals surface area (Å²) < 4.78 is 23.8. The second-order valence-corrected chi connectivity index (χ2v) is 5.85. The van der Waals surface area contributed by atoms with Gasteiger partial charge in [0.05, 0.1) is 6.26 Å². The van der Waals surface area contributed by atoms with E-state index in [-0.39, 0.29) is 0 Å². The van der Waals surface area contributed by atoms with E-state index in [0.29, 0.717) is 11.7 Å². The maximum absolute atomic E-state index is 11.3. The van der Waals surface area contributed by atoms with Crippen molar-refractivity contribution in [2.75, 3.05) is 17.6 Å². The van der Waals surface area contributed by atoms with E-state index in [9.17, 15) is 8.42 Å². The molecular formula is C10H16N2O2S. The predicted molar refractivity (Wildman–Crippen MR) is 61.6 cm³/mol. The molecule has 0 aliphatic carbocycles. The van der Waals surface area contributed by atoms with Crippen molar-refractivity contribution >= 4 is 15.8 Å². The van der Waals surface area contributed by atoms with Crippen LogP contribution in [-0.4, -0.2) is 26.7 Å². The molecule has 5 heteroatoms. The van der Waals surface area contributed by atoms with Crippen LogP contribution in [0.1, 0.15) is 25.3 Å². The van der Waals surface area contributed by atoms with Crippen molar-refractivity contribution in [3.8, 4) is 0 Å². The monoisotopic (exact) mass is 228 g/mol. The number of nitrogens with zero attached hydrogens (tertiary/aromatic N) is 2. The van der Waals surface area contributed by atoms with Crippen molar-refractivity contribution in [3.05, 3.63) is 23.9 Å². The lowest BCUT2D eigenvalue weighted by Gasteiger charge is -2.16. The Bertz CT molecular complexity index is 440. The molecule has 1 rings (SSSR count). The molecule has 1 aromatic rings. The molecule has 0 atom stereocenters. The van der Waals surface area contributed by atoms with Crippen LogP contribution in [0.5, 0.6) is 0 Å². The summed E-state index contributed by atoms with van der Waals surface area (Å²) in [5.41, 5.74) is 1.08. The van der Waals surface area contributed by atoms with Crippen LogP contribution in [0.3, 0.4) is 0 Å². The third-order valence-corrected chi connectivity index (χ3v) is 3.44. The fourth-order valence-electron chi connectivity index (χ4n) is 1.14. The van der Waals surface area contributed by atoms with Gasteiger partial charge in [0.2, 0.25) is 10.0 Å². The van der Waals surface area contributed by atoms with Gasteiger partial charge in [0, 0.05) is 13.2 Å². The number of pyridine rings is 1. The molecule has 0 bridgehead atoms. The number of hydrogen-bond acceptors (Lipinski definition) is 3. The summed E-state index contributed by atoms with van der Waals surface area (Å²) in [7, 11) is -1.73. The molecule has 0 spiro atoms. The minimum atomic E-state index is -3.23. The van der Waals surface area contributed by atoms with E-state index in [4.69, 9.17) is 0 Å². The van der Waals surface area contributed by atoms with Crippen LogP contribution >= 0.6 is 0 Å². The third kappa shape index (κ3) is 2.92. The normalized spacial score (nSPS) is 11.8. The zero-order chi connectivity index (χ0) is 11.6. The zero-order valence-corrected chi connectivity index (χ0v) is 10.2. The lowest BCUT2D eigenvalue weighted by atomic mass is 10.1. The Balaban J connectivity index is 3.11. The minimum absolute atomic E-state index is 0.361. The Morgan fingerprint density at radius 1 is 1.40 bits per heavy atom. The smallest absolute Gasteiger partial charge is 0.233 e. The molecule has 0 aliphatic rings. The summed E-state index contributed by atoms with van der Waals surface area (Å²) in [6.45, 7) is 4.11. The van der Waals surface area contributed by atoms with Crippen LogP contribution < -0.4 is 4.31 Å². The molecule has 0 fully saturated rings. The van der Waals surface area contributed by atoms with E-state index >= 15 is 0 Å². The molecule has 0 amide bonds. The second-order valence-electron chi connectivity index (χ2n) is 3.83. The first-order chi connectivity index (χ1) is 6.82. The Morgan fingerprint density at radius 3 is 2.47 bits per heavy atom. The summed E-state index contributed by atoms with van der Waals surface area (Å²) in [6, 6.07) is 3.69. The first-order valence-corrected chi connectivity index (χ1v) is 6.57. The number of rotatable bonds is 3. The summed E-state index contributed by atoms with van der Waals surface area (Å²) in [4.78, 5) is 4.03. The van der Waals surface area contributed by atoms with Crippen molar-refractivity contribution in [1.29, 1.82) is 0 Å². The highest BCUT2D eigenvalue weighted by Gasteiger charge is 2.13. The van der Waals surface area contributed by atoms with Gasteiger partial charge >= 0.3 is 0 Å². The second kappa shape index (κ2) is 4.18. The van der Waals surface area contributed by atoms with E-state index in [1.54, 1.807) is 12.3 Å².